The minimum atomic E-state index is -1.22. The predicted octanol–water partition coefficient (Wildman–Crippen LogP) is 1.70. The Morgan fingerprint density at radius 3 is 2.26 bits per heavy atom. The average molecular weight is 366 g/mol. The third-order valence-corrected chi connectivity index (χ3v) is 4.29. The third kappa shape index (κ3) is 3.67. The van der Waals surface area contributed by atoms with Gasteiger partial charge in [-0.15, -0.1) is 0 Å². The van der Waals surface area contributed by atoms with Gasteiger partial charge in [-0.3, -0.25) is 9.79 Å². The molecule has 3 aromatic rings. The van der Waals surface area contributed by atoms with Crippen LogP contribution in [0.1, 0.15) is 5.56 Å². The highest BCUT2D eigenvalue weighted by Gasteiger charge is 2.25. The van der Waals surface area contributed by atoms with E-state index < -0.39 is 17.4 Å². The molecule has 3 N–H and O–H groups in total. The first kappa shape index (κ1) is 18.2. The average Bonchev–Trinajstić information content (AvgIpc) is 2.67. The van der Waals surface area contributed by atoms with Crippen molar-refractivity contribution in [2.45, 2.75) is 12.5 Å². The molecule has 0 aromatic heterocycles. The van der Waals surface area contributed by atoms with Gasteiger partial charge in [0.15, 0.2) is 17.1 Å². The van der Waals surface area contributed by atoms with E-state index in [0.29, 0.717) is 11.3 Å². The molecule has 0 unspecified atom stereocenters. The van der Waals surface area contributed by atoms with Crippen molar-refractivity contribution in [3.63, 3.8) is 0 Å². The molecule has 0 amide bonds. The Morgan fingerprint density at radius 1 is 1.07 bits per heavy atom. The second kappa shape index (κ2) is 7.33. The maximum absolute atomic E-state index is 12.4. The van der Waals surface area contributed by atoms with Gasteiger partial charge in [0.05, 0.1) is 0 Å². The van der Waals surface area contributed by atoms with E-state index in [1.54, 1.807) is 43.4 Å². The quantitative estimate of drug-likeness (QED) is 0.612. The van der Waals surface area contributed by atoms with Gasteiger partial charge in [-0.05, 0) is 29.8 Å². The third-order valence-electron chi connectivity index (χ3n) is 4.29. The fourth-order valence-corrected chi connectivity index (χ4v) is 2.79. The smallest absolute Gasteiger partial charge is 0.328 e. The number of aromatic hydroxyl groups is 2. The van der Waals surface area contributed by atoms with Gasteiger partial charge in [-0.1, -0.05) is 30.3 Å². The van der Waals surface area contributed by atoms with E-state index in [1.807, 2.05) is 6.07 Å². The summed E-state index contributed by atoms with van der Waals surface area (Å²) in [5.74, 6) is -1.45. The van der Waals surface area contributed by atoms with E-state index in [1.165, 1.54) is 17.0 Å². The maximum Gasteiger partial charge on any atom is 0.328 e. The number of benzene rings is 2. The highest BCUT2D eigenvalue weighted by molar-refractivity contribution is 5.75. The first-order valence-electron chi connectivity index (χ1n) is 8.24. The molecule has 0 bridgehead atoms. The summed E-state index contributed by atoms with van der Waals surface area (Å²) in [5.41, 5.74) is 0.927. The molecule has 0 saturated heterocycles. The van der Waals surface area contributed by atoms with Gasteiger partial charge in [0.1, 0.15) is 11.4 Å². The maximum atomic E-state index is 12.4. The fourth-order valence-electron chi connectivity index (χ4n) is 2.79. The lowest BCUT2D eigenvalue weighted by atomic mass is 10.1. The van der Waals surface area contributed by atoms with Crippen LogP contribution in [0.2, 0.25) is 0 Å². The molecule has 0 radical (unpaired) electrons. The Balaban J connectivity index is 1.90. The van der Waals surface area contributed by atoms with E-state index in [-0.39, 0.29) is 29.0 Å². The Bertz CT molecular complexity index is 1030. The Labute approximate surface area is 154 Å². The number of carboxylic acids is 1. The zero-order valence-electron chi connectivity index (χ0n) is 14.5. The van der Waals surface area contributed by atoms with Crippen molar-refractivity contribution in [2.24, 2.45) is 4.99 Å². The molecular weight excluding hydrogens is 348 g/mol. The number of carbonyl (C=O) groups is 1. The summed E-state index contributed by atoms with van der Waals surface area (Å²) < 4.78 is 0. The zero-order valence-corrected chi connectivity index (χ0v) is 14.5. The molecule has 1 atom stereocenters. The van der Waals surface area contributed by atoms with Crippen LogP contribution in [0.25, 0.3) is 0 Å². The number of carboxylic acid groups (broad SMARTS) is 1. The number of aliphatic carboxylic acids is 1. The number of rotatable bonds is 6. The van der Waals surface area contributed by atoms with Crippen molar-refractivity contribution < 1.29 is 20.1 Å². The van der Waals surface area contributed by atoms with Crippen LogP contribution in [0, 0.1) is 0 Å². The van der Waals surface area contributed by atoms with Crippen molar-refractivity contribution in [3.05, 3.63) is 75.7 Å². The number of hydrogen-bond donors (Lipinski definition) is 3. The topological polar surface area (TPSA) is 110 Å². The van der Waals surface area contributed by atoms with Gasteiger partial charge in [0.2, 0.25) is 5.43 Å². The zero-order chi connectivity index (χ0) is 19.6. The molecule has 7 heteroatoms. The summed E-state index contributed by atoms with van der Waals surface area (Å²) in [5, 5.41) is 28.7. The lowest BCUT2D eigenvalue weighted by molar-refractivity contribution is -0.138. The summed E-state index contributed by atoms with van der Waals surface area (Å²) >= 11 is 0. The predicted molar refractivity (Wildman–Crippen MR) is 100 cm³/mol. The standard InChI is InChI=1S/C20H18N2O5/c1-22(13-5-3-2-4-6-13)17-18(24)16(19(17)25)21-15(20(26)27)11-12-7-9-14(23)10-8-12/h2-10,15,23-24H,11H2,1H3,(H,26,27)/t15-/m1/s1. The molecule has 0 fully saturated rings. The summed E-state index contributed by atoms with van der Waals surface area (Å²) in [6.07, 6.45) is 0.0313. The minimum absolute atomic E-state index is 0.0313. The van der Waals surface area contributed by atoms with Crippen molar-refractivity contribution in [2.75, 3.05) is 11.9 Å². The summed E-state index contributed by atoms with van der Waals surface area (Å²) in [4.78, 5) is 29.4. The fraction of sp³-hybridized carbons (Fsp3) is 0.150. The molecule has 0 aliphatic rings. The summed E-state index contributed by atoms with van der Waals surface area (Å²) in [7, 11) is 1.64. The lowest BCUT2D eigenvalue weighted by Crippen LogP contribution is -2.39. The molecule has 7 nitrogen and oxygen atoms in total. The van der Waals surface area contributed by atoms with Crippen LogP contribution in [-0.2, 0) is 11.2 Å². The number of phenols is 1. The molecule has 0 spiro atoms. The lowest BCUT2D eigenvalue weighted by Gasteiger charge is -2.22. The van der Waals surface area contributed by atoms with Crippen LogP contribution in [0.3, 0.4) is 0 Å². The van der Waals surface area contributed by atoms with Crippen LogP contribution in [0.5, 0.6) is 11.5 Å². The molecule has 0 aliphatic heterocycles. The molecular formula is C20H18N2O5. The SMILES string of the molecule is CN(c1ccccc1)c1c(O)c(=N[C@H](Cc2ccc(O)cc2)C(=O)O)c1=O. The molecule has 27 heavy (non-hydrogen) atoms. The van der Waals surface area contributed by atoms with Crippen LogP contribution in [-0.4, -0.2) is 34.4 Å². The highest BCUT2D eigenvalue weighted by Crippen LogP contribution is 2.27. The first-order valence-corrected chi connectivity index (χ1v) is 8.24. The summed E-state index contributed by atoms with van der Waals surface area (Å²) in [6.45, 7) is 0. The molecule has 3 rings (SSSR count). The van der Waals surface area contributed by atoms with E-state index in [4.69, 9.17) is 0 Å². The van der Waals surface area contributed by atoms with Gasteiger partial charge >= 0.3 is 5.97 Å². The highest BCUT2D eigenvalue weighted by atomic mass is 16.4. The minimum Gasteiger partial charge on any atom is -0.508 e. The number of nitrogens with zero attached hydrogens (tertiary/aromatic N) is 2. The number of para-hydroxylation sites is 1. The van der Waals surface area contributed by atoms with E-state index >= 15 is 0 Å². The Hall–Kier alpha value is -3.61. The van der Waals surface area contributed by atoms with Crippen LogP contribution in [0.4, 0.5) is 11.4 Å². The van der Waals surface area contributed by atoms with Gasteiger partial charge < -0.3 is 20.2 Å². The summed E-state index contributed by atoms with van der Waals surface area (Å²) in [6, 6.07) is 13.8. The molecule has 0 aliphatic carbocycles. The molecule has 0 saturated carbocycles. The first-order chi connectivity index (χ1) is 12.9. The second-order valence-corrected chi connectivity index (χ2v) is 6.12. The van der Waals surface area contributed by atoms with Crippen LogP contribution in [0.15, 0.2) is 64.4 Å². The van der Waals surface area contributed by atoms with E-state index in [9.17, 15) is 24.9 Å². The van der Waals surface area contributed by atoms with Crippen LogP contribution >= 0.6 is 0 Å². The second-order valence-electron chi connectivity index (χ2n) is 6.12. The van der Waals surface area contributed by atoms with Crippen molar-refractivity contribution in [3.8, 4) is 11.5 Å². The van der Waals surface area contributed by atoms with E-state index in [2.05, 4.69) is 4.99 Å². The van der Waals surface area contributed by atoms with Crippen molar-refractivity contribution in [1.29, 1.82) is 0 Å². The Kier molecular flexibility index (Phi) is 4.94. The normalized spacial score (nSPS) is 12.9. The molecule has 138 valence electrons. The van der Waals surface area contributed by atoms with Crippen LogP contribution < -0.4 is 15.7 Å². The molecule has 3 aromatic carbocycles. The largest absolute Gasteiger partial charge is 0.508 e. The monoisotopic (exact) mass is 366 g/mol. The number of anilines is 2. The van der Waals surface area contributed by atoms with Crippen molar-refractivity contribution >= 4 is 17.3 Å². The molecule has 0 heterocycles. The van der Waals surface area contributed by atoms with Crippen molar-refractivity contribution in [1.82, 2.24) is 0 Å². The van der Waals surface area contributed by atoms with Gasteiger partial charge in [0.25, 0.3) is 0 Å². The van der Waals surface area contributed by atoms with Gasteiger partial charge in [-0.25, -0.2) is 4.79 Å². The van der Waals surface area contributed by atoms with Gasteiger partial charge in [0, 0.05) is 19.2 Å². The number of phenolic OH excluding ortho intramolecular Hbond substituents is 1. The number of hydrogen-bond acceptors (Lipinski definition) is 6. The van der Waals surface area contributed by atoms with E-state index in [0.717, 1.165) is 0 Å². The van der Waals surface area contributed by atoms with Gasteiger partial charge in [-0.2, -0.15) is 0 Å². The Morgan fingerprint density at radius 2 is 1.70 bits per heavy atom.